The molecule has 2 heterocycles. The molecule has 0 atom stereocenters. The summed E-state index contributed by atoms with van der Waals surface area (Å²) in [5.74, 6) is 6.31. The van der Waals surface area contributed by atoms with Crippen LogP contribution in [-0.4, -0.2) is 23.5 Å². The summed E-state index contributed by atoms with van der Waals surface area (Å²) in [5, 5.41) is 2.77. The minimum Gasteiger partial charge on any atom is -0.741 e. The van der Waals surface area contributed by atoms with E-state index in [1.165, 1.54) is 6.07 Å². The molecule has 3 aromatic carbocycles. The van der Waals surface area contributed by atoms with Crippen molar-refractivity contribution in [1.82, 2.24) is 4.98 Å². The molecule has 0 saturated carbocycles. The van der Waals surface area contributed by atoms with Crippen molar-refractivity contribution in [3.8, 4) is 22.5 Å². The number of rotatable bonds is 2. The molecule has 0 aliphatic heterocycles. The van der Waals surface area contributed by atoms with Crippen molar-refractivity contribution >= 4 is 31.8 Å². The highest BCUT2D eigenvalue weighted by Crippen LogP contribution is 2.33. The number of benzene rings is 3. The largest absolute Gasteiger partial charge is 0.741 e. The van der Waals surface area contributed by atoms with Crippen LogP contribution in [0.3, 0.4) is 0 Å². The number of aromatic nitrogens is 2. The van der Waals surface area contributed by atoms with E-state index in [4.69, 9.17) is 18.8 Å². The number of pyridine rings is 1. The number of nitrogens with zero attached hydrogens (tertiary/aromatic N) is 1. The number of nitrogens with two attached hydrogens (primary N) is 1. The summed E-state index contributed by atoms with van der Waals surface area (Å²) in [6.07, 6.45) is 1.93. The second-order valence-corrected chi connectivity index (χ2v) is 8.86. The molecule has 0 spiro atoms. The van der Waals surface area contributed by atoms with Gasteiger partial charge >= 0.3 is 5.51 Å². The highest BCUT2D eigenvalue weighted by atomic mass is 32.2. The Bertz CT molecular complexity index is 1630. The number of para-hydroxylation sites is 1. The maximum atomic E-state index is 14.1. The number of halogens is 4. The molecule has 0 saturated heterocycles. The Morgan fingerprint density at radius 3 is 2.17 bits per heavy atom. The Morgan fingerprint density at radius 2 is 1.51 bits per heavy atom. The number of hydrogen-bond donors (Lipinski definition) is 2. The van der Waals surface area contributed by atoms with Gasteiger partial charge in [0.15, 0.2) is 10.1 Å². The van der Waals surface area contributed by atoms with Gasteiger partial charge in [0.05, 0.1) is 10.9 Å². The smallest absolute Gasteiger partial charge is 0.485 e. The standard InChI is InChI=1S/C23H16FN3.CHF3O3S/c24-17-11-10-16-12-22(15-6-2-1-3-7-15)27(25)23(19(16)13-17)20-14-26-21-9-5-4-8-18(20)21;2-1(3,4)8(5,6)7/h1-14H,25H2;(H,5,6,7). The fraction of sp³-hybridized carbons (Fsp3) is 0.0417. The van der Waals surface area contributed by atoms with Gasteiger partial charge in [-0.3, -0.25) is 0 Å². The molecule has 180 valence electrons. The van der Waals surface area contributed by atoms with E-state index < -0.39 is 15.6 Å². The van der Waals surface area contributed by atoms with Crippen LogP contribution in [0.25, 0.3) is 44.2 Å². The lowest BCUT2D eigenvalue weighted by molar-refractivity contribution is -0.614. The van der Waals surface area contributed by atoms with Crippen molar-refractivity contribution in [2.75, 3.05) is 5.84 Å². The van der Waals surface area contributed by atoms with E-state index in [1.54, 1.807) is 16.8 Å². The predicted molar refractivity (Wildman–Crippen MR) is 123 cm³/mol. The molecule has 0 aliphatic carbocycles. The second-order valence-electron chi connectivity index (χ2n) is 7.49. The Kier molecular flexibility index (Phi) is 6.22. The molecule has 6 nitrogen and oxygen atoms in total. The minimum atomic E-state index is -6.09. The van der Waals surface area contributed by atoms with Crippen molar-refractivity contribution < 1.29 is 35.2 Å². The molecule has 5 rings (SSSR count). The first kappa shape index (κ1) is 24.2. The van der Waals surface area contributed by atoms with Crippen LogP contribution >= 0.6 is 0 Å². The van der Waals surface area contributed by atoms with E-state index in [2.05, 4.69) is 4.98 Å². The average Bonchev–Trinajstić information content (AvgIpc) is 3.22. The van der Waals surface area contributed by atoms with Gasteiger partial charge in [-0.05, 0) is 35.7 Å². The Balaban J connectivity index is 0.000000314. The Morgan fingerprint density at radius 1 is 0.886 bits per heavy atom. The molecule has 0 bridgehead atoms. The van der Waals surface area contributed by atoms with E-state index in [-0.39, 0.29) is 5.82 Å². The summed E-state index contributed by atoms with van der Waals surface area (Å²) < 4.78 is 74.6. The number of H-pyrrole nitrogens is 1. The number of fused-ring (bicyclic) bond motifs is 2. The van der Waals surface area contributed by atoms with Crippen molar-refractivity contribution in [1.29, 1.82) is 0 Å². The van der Waals surface area contributed by atoms with E-state index >= 15 is 0 Å². The highest BCUT2D eigenvalue weighted by Gasteiger charge is 2.37. The lowest BCUT2D eigenvalue weighted by Crippen LogP contribution is -2.48. The second kappa shape index (κ2) is 9.01. The maximum absolute atomic E-state index is 14.1. The Hall–Kier alpha value is -3.96. The van der Waals surface area contributed by atoms with Crippen molar-refractivity contribution in [2.24, 2.45) is 0 Å². The lowest BCUT2D eigenvalue weighted by atomic mass is 10.00. The van der Waals surface area contributed by atoms with E-state index in [9.17, 15) is 17.6 Å². The Labute approximate surface area is 197 Å². The van der Waals surface area contributed by atoms with Gasteiger partial charge in [0.25, 0.3) is 5.69 Å². The third kappa shape index (κ3) is 4.81. The van der Waals surface area contributed by atoms with Gasteiger partial charge in [-0.2, -0.15) is 13.2 Å². The zero-order chi connectivity index (χ0) is 25.4. The summed E-state index contributed by atoms with van der Waals surface area (Å²) in [6, 6.07) is 24.8. The molecule has 0 radical (unpaired) electrons. The minimum absolute atomic E-state index is 0.281. The predicted octanol–water partition coefficient (Wildman–Crippen LogP) is 4.85. The molecule has 11 heteroatoms. The molecule has 2 aromatic heterocycles. The quantitative estimate of drug-likeness (QED) is 0.118. The van der Waals surface area contributed by atoms with Crippen LogP contribution in [0.15, 0.2) is 85.1 Å². The van der Waals surface area contributed by atoms with Crippen LogP contribution in [-0.2, 0) is 10.1 Å². The van der Waals surface area contributed by atoms with Gasteiger partial charge in [0.1, 0.15) is 5.82 Å². The summed E-state index contributed by atoms with van der Waals surface area (Å²) in [7, 11) is -6.09. The first-order valence-corrected chi connectivity index (χ1v) is 11.5. The molecule has 0 unspecified atom stereocenters. The van der Waals surface area contributed by atoms with E-state index in [1.807, 2.05) is 66.9 Å². The van der Waals surface area contributed by atoms with Crippen LogP contribution in [0.2, 0.25) is 0 Å². The molecule has 5 aromatic rings. The van der Waals surface area contributed by atoms with Crippen LogP contribution in [0.1, 0.15) is 0 Å². The highest BCUT2D eigenvalue weighted by molar-refractivity contribution is 7.86. The fourth-order valence-electron chi connectivity index (χ4n) is 3.70. The molecule has 0 amide bonds. The van der Waals surface area contributed by atoms with Crippen molar-refractivity contribution in [3.05, 3.63) is 90.9 Å². The number of alkyl halides is 3. The van der Waals surface area contributed by atoms with E-state index in [0.717, 1.165) is 44.2 Å². The maximum Gasteiger partial charge on any atom is 0.485 e. The molecular weight excluding hydrogens is 486 g/mol. The topological polar surface area (TPSA) is 103 Å². The molecule has 35 heavy (non-hydrogen) atoms. The monoisotopic (exact) mass is 503 g/mol. The normalized spacial score (nSPS) is 11.9. The van der Waals surface area contributed by atoms with Gasteiger partial charge in [0, 0.05) is 28.7 Å². The number of hydrogen-bond acceptors (Lipinski definition) is 4. The van der Waals surface area contributed by atoms with Crippen molar-refractivity contribution in [3.63, 3.8) is 0 Å². The molecule has 3 N–H and O–H groups in total. The van der Waals surface area contributed by atoms with Crippen LogP contribution in [0, 0.1) is 5.82 Å². The third-order valence-corrected chi connectivity index (χ3v) is 5.83. The van der Waals surface area contributed by atoms with Crippen LogP contribution < -0.4 is 10.5 Å². The summed E-state index contributed by atoms with van der Waals surface area (Å²) in [6.45, 7) is 0. The number of aromatic amines is 1. The summed E-state index contributed by atoms with van der Waals surface area (Å²) >= 11 is 0. The van der Waals surface area contributed by atoms with Gasteiger partial charge in [-0.25, -0.2) is 18.7 Å². The van der Waals surface area contributed by atoms with Gasteiger partial charge < -0.3 is 9.54 Å². The van der Waals surface area contributed by atoms with Gasteiger partial charge in [-0.15, -0.1) is 0 Å². The summed E-state index contributed by atoms with van der Waals surface area (Å²) in [5.41, 5.74) is -1.03. The van der Waals surface area contributed by atoms with Crippen LogP contribution in [0.5, 0.6) is 0 Å². The fourth-order valence-corrected chi connectivity index (χ4v) is 3.70. The average molecular weight is 503 g/mol. The lowest BCUT2D eigenvalue weighted by Gasteiger charge is -2.08. The first-order chi connectivity index (χ1) is 16.5. The molecule has 0 fully saturated rings. The zero-order valence-corrected chi connectivity index (χ0v) is 18.6. The van der Waals surface area contributed by atoms with E-state index in [0.29, 0.717) is 0 Å². The number of nitrogen functional groups attached to an aromatic ring is 1. The zero-order valence-electron chi connectivity index (χ0n) is 17.8. The van der Waals surface area contributed by atoms with Crippen molar-refractivity contribution in [2.45, 2.75) is 5.51 Å². The van der Waals surface area contributed by atoms with Gasteiger partial charge in [0.2, 0.25) is 5.69 Å². The number of nitrogens with one attached hydrogen (secondary N) is 1. The summed E-state index contributed by atoms with van der Waals surface area (Å²) in [4.78, 5) is 3.29. The SMILES string of the molecule is N[n+]1c(-c2ccccc2)cc2ccc(F)cc2c1-c1c[nH]c2ccccc12.O=S(=O)([O-])C(F)(F)F. The third-order valence-electron chi connectivity index (χ3n) is 5.26. The molecular formula is C24H17F4N3O3S. The van der Waals surface area contributed by atoms with Gasteiger partial charge in [-0.1, -0.05) is 47.1 Å². The molecule has 0 aliphatic rings. The first-order valence-electron chi connectivity index (χ1n) is 10.0. The van der Waals surface area contributed by atoms with Crippen LogP contribution in [0.4, 0.5) is 17.6 Å².